The van der Waals surface area contributed by atoms with Crippen LogP contribution in [0.25, 0.3) is 10.9 Å². The minimum atomic E-state index is -0.297. The van der Waals surface area contributed by atoms with Crippen LogP contribution < -0.4 is 5.32 Å². The van der Waals surface area contributed by atoms with Crippen LogP contribution in [0, 0.1) is 5.82 Å². The van der Waals surface area contributed by atoms with Crippen LogP contribution in [-0.2, 0) is 11.2 Å². The third kappa shape index (κ3) is 4.53. The van der Waals surface area contributed by atoms with E-state index in [-0.39, 0.29) is 30.1 Å². The second-order valence-corrected chi connectivity index (χ2v) is 7.95. The number of rotatable bonds is 7. The Morgan fingerprint density at radius 1 is 1.00 bits per heavy atom. The Labute approximate surface area is 182 Å². The molecule has 0 saturated heterocycles. The standard InChI is InChI=1S/C27H27FN2O/c1-3-19-11-8-14-23-25(17-29-27(19)23)24(21-12-7-13-22(28)15-21)16-26(31)30-18(2)20-9-5-4-6-10-20/h4-15,17-18,24,29H,3,16H2,1-2H3,(H,30,31). The van der Waals surface area contributed by atoms with Gasteiger partial charge in [0.25, 0.3) is 0 Å². The van der Waals surface area contributed by atoms with Crippen LogP contribution in [0.5, 0.6) is 0 Å². The Morgan fingerprint density at radius 2 is 1.74 bits per heavy atom. The molecule has 4 heteroatoms. The van der Waals surface area contributed by atoms with Gasteiger partial charge in [-0.25, -0.2) is 4.39 Å². The third-order valence-corrected chi connectivity index (χ3v) is 5.91. The summed E-state index contributed by atoms with van der Waals surface area (Å²) in [7, 11) is 0. The maximum atomic E-state index is 14.1. The van der Waals surface area contributed by atoms with Crippen molar-refractivity contribution in [1.29, 1.82) is 0 Å². The van der Waals surface area contributed by atoms with Crippen LogP contribution in [0.15, 0.2) is 79.0 Å². The number of halogens is 1. The van der Waals surface area contributed by atoms with Crippen LogP contribution in [0.4, 0.5) is 4.39 Å². The highest BCUT2D eigenvalue weighted by atomic mass is 19.1. The molecule has 1 heterocycles. The molecule has 0 aliphatic carbocycles. The molecular formula is C27H27FN2O. The summed E-state index contributed by atoms with van der Waals surface area (Å²) in [6, 6.07) is 22.6. The van der Waals surface area contributed by atoms with Gasteiger partial charge in [0.05, 0.1) is 6.04 Å². The van der Waals surface area contributed by atoms with Gasteiger partial charge in [-0.1, -0.05) is 67.6 Å². The first kappa shape index (κ1) is 20.9. The van der Waals surface area contributed by atoms with Crippen LogP contribution in [0.3, 0.4) is 0 Å². The molecule has 0 spiro atoms. The summed E-state index contributed by atoms with van der Waals surface area (Å²) in [6.07, 6.45) is 3.12. The summed E-state index contributed by atoms with van der Waals surface area (Å²) in [6.45, 7) is 4.10. The van der Waals surface area contributed by atoms with E-state index in [0.717, 1.165) is 34.0 Å². The summed E-state index contributed by atoms with van der Waals surface area (Å²) in [5.74, 6) is -0.610. The molecule has 3 nitrogen and oxygen atoms in total. The number of amides is 1. The highest BCUT2D eigenvalue weighted by Crippen LogP contribution is 2.35. The summed E-state index contributed by atoms with van der Waals surface area (Å²) in [4.78, 5) is 16.4. The molecule has 1 aromatic heterocycles. The fourth-order valence-electron chi connectivity index (χ4n) is 4.26. The molecule has 0 saturated carbocycles. The van der Waals surface area contributed by atoms with Gasteiger partial charge in [0.2, 0.25) is 5.91 Å². The van der Waals surface area contributed by atoms with Crippen molar-refractivity contribution in [2.45, 2.75) is 38.6 Å². The van der Waals surface area contributed by atoms with Crippen LogP contribution in [-0.4, -0.2) is 10.9 Å². The largest absolute Gasteiger partial charge is 0.361 e. The molecule has 0 aliphatic rings. The number of H-pyrrole nitrogens is 1. The average Bonchev–Trinajstić information content (AvgIpc) is 3.22. The first-order chi connectivity index (χ1) is 15.1. The first-order valence-electron chi connectivity index (χ1n) is 10.8. The highest BCUT2D eigenvalue weighted by molar-refractivity contribution is 5.88. The summed E-state index contributed by atoms with van der Waals surface area (Å²) >= 11 is 0. The number of hydrogen-bond donors (Lipinski definition) is 2. The van der Waals surface area contributed by atoms with Gasteiger partial charge < -0.3 is 10.3 Å². The molecule has 2 unspecified atom stereocenters. The molecule has 158 valence electrons. The molecule has 2 atom stereocenters. The van der Waals surface area contributed by atoms with Gasteiger partial charge in [0, 0.05) is 29.4 Å². The van der Waals surface area contributed by atoms with E-state index in [2.05, 4.69) is 29.4 Å². The van der Waals surface area contributed by atoms with E-state index < -0.39 is 0 Å². The van der Waals surface area contributed by atoms with Crippen LogP contribution in [0.2, 0.25) is 0 Å². The zero-order valence-corrected chi connectivity index (χ0v) is 17.9. The fourth-order valence-corrected chi connectivity index (χ4v) is 4.26. The highest BCUT2D eigenvalue weighted by Gasteiger charge is 2.23. The Kier molecular flexibility index (Phi) is 6.17. The third-order valence-electron chi connectivity index (χ3n) is 5.91. The predicted octanol–water partition coefficient (Wildman–Crippen LogP) is 6.27. The lowest BCUT2D eigenvalue weighted by Crippen LogP contribution is -2.28. The molecule has 4 rings (SSSR count). The van der Waals surface area contributed by atoms with Gasteiger partial charge in [-0.2, -0.15) is 0 Å². The van der Waals surface area contributed by atoms with Crippen LogP contribution >= 0.6 is 0 Å². The van der Waals surface area contributed by atoms with Gasteiger partial charge in [-0.15, -0.1) is 0 Å². The maximum absolute atomic E-state index is 14.1. The number of hydrogen-bond acceptors (Lipinski definition) is 1. The van der Waals surface area contributed by atoms with Crippen molar-refractivity contribution >= 4 is 16.8 Å². The van der Waals surface area contributed by atoms with E-state index in [1.54, 1.807) is 6.07 Å². The van der Waals surface area contributed by atoms with Crippen molar-refractivity contribution in [1.82, 2.24) is 10.3 Å². The Bertz CT molecular complexity index is 1180. The molecule has 1 amide bonds. The molecule has 0 radical (unpaired) electrons. The van der Waals surface area contributed by atoms with E-state index in [9.17, 15) is 9.18 Å². The lowest BCUT2D eigenvalue weighted by Gasteiger charge is -2.20. The molecule has 4 aromatic rings. The number of benzene rings is 3. The minimum Gasteiger partial charge on any atom is -0.361 e. The Balaban J connectivity index is 1.67. The van der Waals surface area contributed by atoms with Gasteiger partial charge in [-0.3, -0.25) is 4.79 Å². The number of carbonyl (C=O) groups excluding carboxylic acids is 1. The van der Waals surface area contributed by atoms with Gasteiger partial charge >= 0.3 is 0 Å². The topological polar surface area (TPSA) is 44.9 Å². The SMILES string of the molecule is CCc1cccc2c(C(CC(=O)NC(C)c3ccccc3)c3cccc(F)c3)c[nH]c12. The monoisotopic (exact) mass is 414 g/mol. The number of aromatic nitrogens is 1. The second kappa shape index (κ2) is 9.17. The lowest BCUT2D eigenvalue weighted by atomic mass is 9.87. The molecular weight excluding hydrogens is 387 g/mol. The number of aryl methyl sites for hydroxylation is 1. The normalized spacial score (nSPS) is 13.1. The summed E-state index contributed by atoms with van der Waals surface area (Å²) < 4.78 is 14.1. The number of aromatic amines is 1. The van der Waals surface area contributed by atoms with Crippen molar-refractivity contribution < 1.29 is 9.18 Å². The molecule has 0 bridgehead atoms. The second-order valence-electron chi connectivity index (χ2n) is 7.95. The maximum Gasteiger partial charge on any atom is 0.221 e. The van der Waals surface area contributed by atoms with Crippen LogP contribution in [0.1, 0.15) is 54.5 Å². The van der Waals surface area contributed by atoms with Crippen molar-refractivity contribution in [2.75, 3.05) is 0 Å². The van der Waals surface area contributed by atoms with E-state index in [4.69, 9.17) is 0 Å². The molecule has 0 fully saturated rings. The number of para-hydroxylation sites is 1. The summed E-state index contributed by atoms with van der Waals surface area (Å²) in [5, 5.41) is 4.18. The zero-order chi connectivity index (χ0) is 21.8. The fraction of sp³-hybridized carbons (Fsp3) is 0.222. The number of carbonyl (C=O) groups is 1. The van der Waals surface area contributed by atoms with Gasteiger partial charge in [-0.05, 0) is 47.7 Å². The van der Waals surface area contributed by atoms with Gasteiger partial charge in [0.1, 0.15) is 5.82 Å². The smallest absolute Gasteiger partial charge is 0.221 e. The van der Waals surface area contributed by atoms with Crippen molar-refractivity contribution in [2.24, 2.45) is 0 Å². The molecule has 31 heavy (non-hydrogen) atoms. The number of nitrogens with one attached hydrogen (secondary N) is 2. The van der Waals surface area contributed by atoms with E-state index >= 15 is 0 Å². The molecule has 2 N–H and O–H groups in total. The summed E-state index contributed by atoms with van der Waals surface area (Å²) in [5.41, 5.74) is 5.17. The minimum absolute atomic E-state index is 0.0633. The van der Waals surface area contributed by atoms with Gasteiger partial charge in [0.15, 0.2) is 0 Å². The number of fused-ring (bicyclic) bond motifs is 1. The zero-order valence-electron chi connectivity index (χ0n) is 17.9. The quantitative estimate of drug-likeness (QED) is 0.368. The molecule has 0 aliphatic heterocycles. The lowest BCUT2D eigenvalue weighted by molar-refractivity contribution is -0.121. The molecule has 3 aromatic carbocycles. The predicted molar refractivity (Wildman–Crippen MR) is 124 cm³/mol. The Morgan fingerprint density at radius 3 is 2.48 bits per heavy atom. The van der Waals surface area contributed by atoms with Crippen molar-refractivity contribution in [3.63, 3.8) is 0 Å². The van der Waals surface area contributed by atoms with E-state index in [0.29, 0.717) is 0 Å². The van der Waals surface area contributed by atoms with E-state index in [1.807, 2.05) is 55.6 Å². The average molecular weight is 415 g/mol. The van der Waals surface area contributed by atoms with Crippen molar-refractivity contribution in [3.8, 4) is 0 Å². The van der Waals surface area contributed by atoms with Crippen molar-refractivity contribution in [3.05, 3.63) is 107 Å². The first-order valence-corrected chi connectivity index (χ1v) is 10.8. The Hall–Kier alpha value is -3.40. The van der Waals surface area contributed by atoms with E-state index in [1.165, 1.54) is 17.7 Å².